The largest absolute Gasteiger partial charge is 0.496 e. The van der Waals surface area contributed by atoms with E-state index in [2.05, 4.69) is 0 Å². The van der Waals surface area contributed by atoms with Crippen molar-refractivity contribution >= 4 is 18.0 Å². The molecule has 0 radical (unpaired) electrons. The van der Waals surface area contributed by atoms with Crippen LogP contribution in [0, 0.1) is 0 Å². The van der Waals surface area contributed by atoms with Crippen LogP contribution in [0.4, 0.5) is 0 Å². The molecule has 0 unspecified atom stereocenters. The van der Waals surface area contributed by atoms with Crippen LogP contribution in [0.15, 0.2) is 41.1 Å². The average Bonchev–Trinajstić information content (AvgIpc) is 2.86. The average molecular weight is 345 g/mol. The van der Waals surface area contributed by atoms with Gasteiger partial charge >= 0.3 is 5.97 Å². The van der Waals surface area contributed by atoms with E-state index in [-0.39, 0.29) is 11.5 Å². The molecule has 25 heavy (non-hydrogen) atoms. The van der Waals surface area contributed by atoms with E-state index in [4.69, 9.17) is 14.2 Å². The number of rotatable bonds is 7. The molecule has 0 spiro atoms. The lowest BCUT2D eigenvalue weighted by atomic mass is 10.0. The van der Waals surface area contributed by atoms with Gasteiger partial charge in [-0.15, -0.1) is 0 Å². The second-order valence-electron chi connectivity index (χ2n) is 5.56. The highest BCUT2D eigenvalue weighted by atomic mass is 16.5. The van der Waals surface area contributed by atoms with E-state index in [1.807, 2.05) is 18.2 Å². The molecule has 1 amide bonds. The van der Waals surface area contributed by atoms with Gasteiger partial charge < -0.3 is 19.1 Å². The number of benzene rings is 1. The van der Waals surface area contributed by atoms with Gasteiger partial charge in [-0.25, -0.2) is 4.79 Å². The lowest BCUT2D eigenvalue weighted by Gasteiger charge is -2.17. The molecule has 0 bridgehead atoms. The first-order chi connectivity index (χ1) is 12.0. The molecule has 6 nitrogen and oxygen atoms in total. The van der Waals surface area contributed by atoms with Crippen molar-refractivity contribution in [3.63, 3.8) is 0 Å². The Kier molecular flexibility index (Phi) is 6.36. The number of methoxy groups -OCH3 is 3. The van der Waals surface area contributed by atoms with Crippen molar-refractivity contribution in [1.29, 1.82) is 0 Å². The number of para-hydroxylation sites is 1. The molecule has 1 aromatic rings. The summed E-state index contributed by atoms with van der Waals surface area (Å²) < 4.78 is 15.3. The zero-order chi connectivity index (χ0) is 18.4. The van der Waals surface area contributed by atoms with Gasteiger partial charge in [0.25, 0.3) is 5.91 Å². The number of ether oxygens (including phenoxy) is 3. The minimum Gasteiger partial charge on any atom is -0.496 e. The number of amides is 1. The Bertz CT molecular complexity index is 720. The van der Waals surface area contributed by atoms with Crippen molar-refractivity contribution < 1.29 is 23.8 Å². The van der Waals surface area contributed by atoms with E-state index >= 15 is 0 Å². The summed E-state index contributed by atoms with van der Waals surface area (Å²) in [5.41, 5.74) is 1.91. The standard InChI is InChI=1S/C19H23NO5/c1-13-17(19(22)25-4)15(18(21)20(13)10-7-11-23-2)12-14-8-5-6-9-16(14)24-3/h5-6,8-9,12H,7,10-11H2,1-4H3. The molecule has 0 fully saturated rings. The molecule has 2 rings (SSSR count). The summed E-state index contributed by atoms with van der Waals surface area (Å²) in [4.78, 5) is 26.7. The fraction of sp³-hybridized carbons (Fsp3) is 0.368. The second kappa shape index (κ2) is 8.48. The molecule has 0 aliphatic carbocycles. The lowest BCUT2D eigenvalue weighted by molar-refractivity contribution is -0.136. The first kappa shape index (κ1) is 18.7. The monoisotopic (exact) mass is 345 g/mol. The summed E-state index contributed by atoms with van der Waals surface area (Å²) in [5, 5.41) is 0. The molecular weight excluding hydrogens is 322 g/mol. The van der Waals surface area contributed by atoms with Gasteiger partial charge in [0, 0.05) is 31.5 Å². The van der Waals surface area contributed by atoms with Gasteiger partial charge in [0.2, 0.25) is 0 Å². The molecule has 0 N–H and O–H groups in total. The number of hydrogen-bond acceptors (Lipinski definition) is 5. The van der Waals surface area contributed by atoms with Crippen LogP contribution < -0.4 is 4.74 Å². The lowest BCUT2D eigenvalue weighted by Crippen LogP contribution is -2.26. The van der Waals surface area contributed by atoms with Gasteiger partial charge in [-0.3, -0.25) is 4.79 Å². The Morgan fingerprint density at radius 3 is 2.56 bits per heavy atom. The minimum absolute atomic E-state index is 0.222. The predicted molar refractivity (Wildman–Crippen MR) is 93.9 cm³/mol. The van der Waals surface area contributed by atoms with E-state index in [0.29, 0.717) is 36.6 Å². The minimum atomic E-state index is -0.527. The Morgan fingerprint density at radius 2 is 1.92 bits per heavy atom. The summed E-state index contributed by atoms with van der Waals surface area (Å²) in [6.45, 7) is 2.76. The van der Waals surface area contributed by atoms with Gasteiger partial charge in [-0.1, -0.05) is 18.2 Å². The first-order valence-electron chi connectivity index (χ1n) is 8.00. The number of esters is 1. The Balaban J connectivity index is 2.46. The van der Waals surface area contributed by atoms with Crippen molar-refractivity contribution in [1.82, 2.24) is 4.90 Å². The fourth-order valence-corrected chi connectivity index (χ4v) is 2.81. The van der Waals surface area contributed by atoms with E-state index in [9.17, 15) is 9.59 Å². The molecule has 0 aromatic heterocycles. The van der Waals surface area contributed by atoms with Gasteiger partial charge in [0.1, 0.15) is 5.75 Å². The summed E-state index contributed by atoms with van der Waals surface area (Å²) in [6.07, 6.45) is 2.35. The van der Waals surface area contributed by atoms with E-state index in [1.165, 1.54) is 7.11 Å². The molecule has 1 aromatic carbocycles. The second-order valence-corrected chi connectivity index (χ2v) is 5.56. The van der Waals surface area contributed by atoms with E-state index in [0.717, 1.165) is 5.56 Å². The number of hydrogen-bond donors (Lipinski definition) is 0. The van der Waals surface area contributed by atoms with E-state index < -0.39 is 5.97 Å². The normalized spacial score (nSPS) is 15.9. The fourth-order valence-electron chi connectivity index (χ4n) is 2.81. The smallest absolute Gasteiger partial charge is 0.340 e. The van der Waals surface area contributed by atoms with E-state index in [1.54, 1.807) is 38.2 Å². The SMILES string of the molecule is COCCCN1C(=O)C(=Cc2ccccc2OC)C(C(=O)OC)=C1C. The molecule has 0 saturated carbocycles. The maximum atomic E-state index is 12.9. The van der Waals surface area contributed by atoms with Gasteiger partial charge in [0.15, 0.2) is 0 Å². The van der Waals surface area contributed by atoms with Crippen LogP contribution in [0.2, 0.25) is 0 Å². The molecule has 1 aliphatic rings. The van der Waals surface area contributed by atoms with Gasteiger partial charge in [0.05, 0.1) is 25.4 Å². The number of carbonyl (C=O) groups is 2. The highest BCUT2D eigenvalue weighted by Gasteiger charge is 2.36. The third-order valence-corrected chi connectivity index (χ3v) is 4.07. The van der Waals surface area contributed by atoms with Crippen LogP contribution in [0.3, 0.4) is 0 Å². The van der Waals surface area contributed by atoms with Crippen LogP contribution in [0.25, 0.3) is 6.08 Å². The number of carbonyl (C=O) groups excluding carboxylic acids is 2. The maximum Gasteiger partial charge on any atom is 0.340 e. The van der Waals surface area contributed by atoms with Crippen LogP contribution in [-0.2, 0) is 19.1 Å². The van der Waals surface area contributed by atoms with Crippen LogP contribution in [0.1, 0.15) is 18.9 Å². The molecular formula is C19H23NO5. The maximum absolute atomic E-state index is 12.9. The van der Waals surface area contributed by atoms with Crippen molar-refractivity contribution in [3.8, 4) is 5.75 Å². The van der Waals surface area contributed by atoms with Crippen molar-refractivity contribution in [3.05, 3.63) is 46.7 Å². The van der Waals surface area contributed by atoms with Crippen LogP contribution in [-0.4, -0.2) is 51.3 Å². The van der Waals surface area contributed by atoms with Gasteiger partial charge in [-0.05, 0) is 25.5 Å². The number of allylic oxidation sites excluding steroid dienone is 1. The molecule has 1 heterocycles. The summed E-state index contributed by atoms with van der Waals surface area (Å²) >= 11 is 0. The number of nitrogens with zero attached hydrogens (tertiary/aromatic N) is 1. The Labute approximate surface area is 147 Å². The van der Waals surface area contributed by atoms with Crippen LogP contribution in [0.5, 0.6) is 5.75 Å². The van der Waals surface area contributed by atoms with Crippen molar-refractivity contribution in [2.75, 3.05) is 34.5 Å². The summed E-state index contributed by atoms with van der Waals surface area (Å²) in [7, 11) is 4.48. The summed E-state index contributed by atoms with van der Waals surface area (Å²) in [6, 6.07) is 7.32. The summed E-state index contributed by atoms with van der Waals surface area (Å²) in [5.74, 6) is -0.122. The molecule has 0 saturated heterocycles. The van der Waals surface area contributed by atoms with Crippen molar-refractivity contribution in [2.45, 2.75) is 13.3 Å². The van der Waals surface area contributed by atoms with Gasteiger partial charge in [-0.2, -0.15) is 0 Å². The highest BCUT2D eigenvalue weighted by Crippen LogP contribution is 2.33. The van der Waals surface area contributed by atoms with Crippen LogP contribution >= 0.6 is 0 Å². The Hall–Kier alpha value is -2.60. The highest BCUT2D eigenvalue weighted by molar-refractivity contribution is 6.16. The third kappa shape index (κ3) is 3.91. The zero-order valence-electron chi connectivity index (χ0n) is 15.0. The zero-order valence-corrected chi connectivity index (χ0v) is 15.0. The molecule has 0 atom stereocenters. The molecule has 1 aliphatic heterocycles. The first-order valence-corrected chi connectivity index (χ1v) is 8.00. The molecule has 6 heteroatoms. The molecule has 134 valence electrons. The van der Waals surface area contributed by atoms with Crippen molar-refractivity contribution in [2.24, 2.45) is 0 Å². The topological polar surface area (TPSA) is 65.1 Å². The quantitative estimate of drug-likeness (QED) is 0.431. The predicted octanol–water partition coefficient (Wildman–Crippen LogP) is 2.40. The Morgan fingerprint density at radius 1 is 1.20 bits per heavy atom. The third-order valence-electron chi connectivity index (χ3n) is 4.07.